The molecule has 1 aromatic heterocycles. The molecule has 1 atom stereocenters. The number of methoxy groups -OCH3 is 1. The smallest absolute Gasteiger partial charge is 0.259 e. The van der Waals surface area contributed by atoms with Crippen LogP contribution in [-0.4, -0.2) is 41.0 Å². The lowest BCUT2D eigenvalue weighted by Gasteiger charge is -2.22. The first-order chi connectivity index (χ1) is 15.5. The van der Waals surface area contributed by atoms with Crippen LogP contribution in [0.5, 0.6) is 5.75 Å². The van der Waals surface area contributed by atoms with E-state index in [0.717, 1.165) is 30.6 Å². The number of nitrogens with two attached hydrogens (primary N) is 1. The number of amides is 2. The van der Waals surface area contributed by atoms with Gasteiger partial charge in [0.15, 0.2) is 0 Å². The zero-order valence-corrected chi connectivity index (χ0v) is 18.5. The highest BCUT2D eigenvalue weighted by Gasteiger charge is 2.28. The summed E-state index contributed by atoms with van der Waals surface area (Å²) >= 11 is 6.46. The average molecular weight is 453 g/mol. The van der Waals surface area contributed by atoms with Crippen molar-refractivity contribution < 1.29 is 14.3 Å². The standard InChI is InChI=1S/C24H25ClN4O3/c1-32-22-14-21(28-9-2-3-10-28)19(25)13-18(22)24(31)27-17-7-4-6-16(12-17)15-29-11-5-8-20(29)23(26)30/h2-4,6-7,9-10,12-14,20H,5,8,11,15H2,1H3,(H2,26,30)(H,27,31). The van der Waals surface area contributed by atoms with Gasteiger partial charge in [0, 0.05) is 30.7 Å². The van der Waals surface area contributed by atoms with Gasteiger partial charge < -0.3 is 20.4 Å². The second kappa shape index (κ2) is 9.46. The first-order valence-electron chi connectivity index (χ1n) is 10.4. The van der Waals surface area contributed by atoms with Crippen molar-refractivity contribution >= 4 is 29.1 Å². The fourth-order valence-electron chi connectivity index (χ4n) is 4.10. The highest BCUT2D eigenvalue weighted by atomic mass is 35.5. The minimum Gasteiger partial charge on any atom is -0.496 e. The summed E-state index contributed by atoms with van der Waals surface area (Å²) in [7, 11) is 1.52. The number of aromatic nitrogens is 1. The predicted octanol–water partition coefficient (Wildman–Crippen LogP) is 3.84. The van der Waals surface area contributed by atoms with Crippen molar-refractivity contribution in [2.24, 2.45) is 5.73 Å². The van der Waals surface area contributed by atoms with Gasteiger partial charge in [0.2, 0.25) is 5.91 Å². The molecule has 3 N–H and O–H groups in total. The second-order valence-corrected chi connectivity index (χ2v) is 8.19. The normalized spacial score (nSPS) is 16.1. The van der Waals surface area contributed by atoms with E-state index in [-0.39, 0.29) is 17.9 Å². The van der Waals surface area contributed by atoms with Gasteiger partial charge in [-0.3, -0.25) is 14.5 Å². The van der Waals surface area contributed by atoms with Gasteiger partial charge in [-0.05, 0) is 55.3 Å². The molecule has 1 aliphatic heterocycles. The zero-order valence-electron chi connectivity index (χ0n) is 17.8. The Balaban J connectivity index is 1.52. The average Bonchev–Trinajstić information content (AvgIpc) is 3.46. The van der Waals surface area contributed by atoms with Crippen molar-refractivity contribution in [3.05, 3.63) is 77.1 Å². The van der Waals surface area contributed by atoms with Crippen LogP contribution in [0, 0.1) is 0 Å². The van der Waals surface area contributed by atoms with Gasteiger partial charge >= 0.3 is 0 Å². The summed E-state index contributed by atoms with van der Waals surface area (Å²) < 4.78 is 7.32. The number of halogens is 1. The Kier molecular flexibility index (Phi) is 6.48. The predicted molar refractivity (Wildman–Crippen MR) is 124 cm³/mol. The second-order valence-electron chi connectivity index (χ2n) is 7.78. The number of carbonyl (C=O) groups excluding carboxylic acids is 2. The number of carbonyl (C=O) groups is 2. The number of likely N-dealkylation sites (tertiary alicyclic amines) is 1. The van der Waals surface area contributed by atoms with E-state index < -0.39 is 0 Å². The Labute approximate surface area is 191 Å². The summed E-state index contributed by atoms with van der Waals surface area (Å²) in [6.45, 7) is 1.42. The molecule has 0 saturated carbocycles. The summed E-state index contributed by atoms with van der Waals surface area (Å²) in [5.41, 5.74) is 8.22. The molecule has 0 bridgehead atoms. The highest BCUT2D eigenvalue weighted by Crippen LogP contribution is 2.31. The third-order valence-corrected chi connectivity index (χ3v) is 5.96. The number of hydrogen-bond donors (Lipinski definition) is 2. The molecule has 7 nitrogen and oxygen atoms in total. The van der Waals surface area contributed by atoms with Crippen LogP contribution >= 0.6 is 11.6 Å². The number of nitrogens with zero attached hydrogens (tertiary/aromatic N) is 2. The lowest BCUT2D eigenvalue weighted by atomic mass is 10.1. The maximum Gasteiger partial charge on any atom is 0.259 e. The molecule has 4 rings (SSSR count). The van der Waals surface area contributed by atoms with E-state index in [0.29, 0.717) is 28.6 Å². The summed E-state index contributed by atoms with van der Waals surface area (Å²) in [4.78, 5) is 26.7. The Hall–Kier alpha value is -3.29. The summed E-state index contributed by atoms with van der Waals surface area (Å²) in [6, 6.07) is 14.5. The third kappa shape index (κ3) is 4.64. The van der Waals surface area contributed by atoms with Crippen LogP contribution in [0.15, 0.2) is 60.9 Å². The van der Waals surface area contributed by atoms with Gasteiger partial charge in [0.1, 0.15) is 5.75 Å². The molecular weight excluding hydrogens is 428 g/mol. The van der Waals surface area contributed by atoms with Crippen LogP contribution in [0.4, 0.5) is 5.69 Å². The molecule has 1 saturated heterocycles. The van der Waals surface area contributed by atoms with Crippen LogP contribution in [-0.2, 0) is 11.3 Å². The van der Waals surface area contributed by atoms with E-state index >= 15 is 0 Å². The molecule has 8 heteroatoms. The number of rotatable bonds is 7. The minimum absolute atomic E-state index is 0.238. The first kappa shape index (κ1) is 21.9. The summed E-state index contributed by atoms with van der Waals surface area (Å²) in [5.74, 6) is -0.191. The molecular formula is C24H25ClN4O3. The molecule has 1 aliphatic rings. The van der Waals surface area contributed by atoms with Gasteiger partial charge in [-0.1, -0.05) is 23.7 Å². The summed E-state index contributed by atoms with van der Waals surface area (Å²) in [6.07, 6.45) is 5.47. The van der Waals surface area contributed by atoms with E-state index in [1.807, 2.05) is 53.4 Å². The van der Waals surface area contributed by atoms with E-state index in [1.165, 1.54) is 7.11 Å². The zero-order chi connectivity index (χ0) is 22.7. The van der Waals surface area contributed by atoms with Crippen molar-refractivity contribution in [3.63, 3.8) is 0 Å². The monoisotopic (exact) mass is 452 g/mol. The van der Waals surface area contributed by atoms with Gasteiger partial charge in [0.25, 0.3) is 5.91 Å². The number of ether oxygens (including phenoxy) is 1. The minimum atomic E-state index is -0.323. The Morgan fingerprint density at radius 2 is 1.97 bits per heavy atom. The molecule has 0 radical (unpaired) electrons. The fraction of sp³-hybridized carbons (Fsp3) is 0.250. The maximum atomic E-state index is 13.0. The Bertz CT molecular complexity index is 1130. The van der Waals surface area contributed by atoms with Crippen LogP contribution in [0.1, 0.15) is 28.8 Å². The Morgan fingerprint density at radius 3 is 2.69 bits per heavy atom. The van der Waals surface area contributed by atoms with E-state index in [1.54, 1.807) is 12.1 Å². The van der Waals surface area contributed by atoms with Crippen molar-refractivity contribution in [3.8, 4) is 11.4 Å². The van der Waals surface area contributed by atoms with Crippen LogP contribution in [0.25, 0.3) is 5.69 Å². The molecule has 166 valence electrons. The SMILES string of the molecule is COc1cc(-n2cccc2)c(Cl)cc1C(=O)Nc1cccc(CN2CCCC2C(N)=O)c1. The molecule has 1 unspecified atom stereocenters. The third-order valence-electron chi connectivity index (χ3n) is 5.66. The topological polar surface area (TPSA) is 89.6 Å². The van der Waals surface area contributed by atoms with Gasteiger partial charge in [-0.15, -0.1) is 0 Å². The van der Waals surface area contributed by atoms with Gasteiger partial charge in [-0.25, -0.2) is 0 Å². The first-order valence-corrected chi connectivity index (χ1v) is 10.8. The lowest BCUT2D eigenvalue weighted by Crippen LogP contribution is -2.39. The van der Waals surface area contributed by atoms with Crippen LogP contribution < -0.4 is 15.8 Å². The number of benzene rings is 2. The van der Waals surface area contributed by atoms with E-state index in [9.17, 15) is 9.59 Å². The van der Waals surface area contributed by atoms with E-state index in [2.05, 4.69) is 10.2 Å². The maximum absolute atomic E-state index is 13.0. The van der Waals surface area contributed by atoms with Crippen molar-refractivity contribution in [2.45, 2.75) is 25.4 Å². The largest absolute Gasteiger partial charge is 0.496 e. The van der Waals surface area contributed by atoms with Gasteiger partial charge in [-0.2, -0.15) is 0 Å². The molecule has 2 heterocycles. The van der Waals surface area contributed by atoms with Crippen LogP contribution in [0.3, 0.4) is 0 Å². The van der Waals surface area contributed by atoms with E-state index in [4.69, 9.17) is 22.1 Å². The van der Waals surface area contributed by atoms with Crippen molar-refractivity contribution in [1.82, 2.24) is 9.47 Å². The van der Waals surface area contributed by atoms with Crippen molar-refractivity contribution in [1.29, 1.82) is 0 Å². The molecule has 2 amide bonds. The molecule has 0 spiro atoms. The number of nitrogens with one attached hydrogen (secondary N) is 1. The molecule has 3 aromatic rings. The summed E-state index contributed by atoms with van der Waals surface area (Å²) in [5, 5.41) is 3.36. The number of primary amides is 1. The molecule has 2 aromatic carbocycles. The molecule has 32 heavy (non-hydrogen) atoms. The quantitative estimate of drug-likeness (QED) is 0.570. The lowest BCUT2D eigenvalue weighted by molar-refractivity contribution is -0.122. The Morgan fingerprint density at radius 1 is 1.19 bits per heavy atom. The highest BCUT2D eigenvalue weighted by molar-refractivity contribution is 6.33. The molecule has 1 fully saturated rings. The number of anilines is 1. The fourth-order valence-corrected chi connectivity index (χ4v) is 4.36. The molecule has 0 aliphatic carbocycles. The van der Waals surface area contributed by atoms with Crippen molar-refractivity contribution in [2.75, 3.05) is 19.0 Å². The van der Waals surface area contributed by atoms with Crippen LogP contribution in [0.2, 0.25) is 5.02 Å². The number of hydrogen-bond acceptors (Lipinski definition) is 4. The van der Waals surface area contributed by atoms with Gasteiger partial charge in [0.05, 0.1) is 29.4 Å².